The fourth-order valence-corrected chi connectivity index (χ4v) is 3.44. The maximum absolute atomic E-state index is 13.5. The molecule has 0 fully saturated rings. The zero-order chi connectivity index (χ0) is 14.8. The molecule has 1 rings (SSSR count). The second-order valence-corrected chi connectivity index (χ2v) is 6.78. The Morgan fingerprint density at radius 2 is 2.05 bits per heavy atom. The first-order valence-electron chi connectivity index (χ1n) is 5.64. The number of hydrogen-bond acceptors (Lipinski definition) is 3. The summed E-state index contributed by atoms with van der Waals surface area (Å²) in [5.74, 6) is -2.78. The Kier molecular flexibility index (Phi) is 4.92. The Hall–Kier alpha value is -1.14. The molecular formula is C12H14ClFO4S. The van der Waals surface area contributed by atoms with Crippen LogP contribution in [0, 0.1) is 11.7 Å². The Balaban J connectivity index is 3.32. The quantitative estimate of drug-likeness (QED) is 0.907. The van der Waals surface area contributed by atoms with Crippen LogP contribution in [-0.2, 0) is 9.84 Å². The Morgan fingerprint density at radius 3 is 2.53 bits per heavy atom. The fourth-order valence-electron chi connectivity index (χ4n) is 1.49. The van der Waals surface area contributed by atoms with Crippen molar-refractivity contribution in [2.75, 3.05) is 5.75 Å². The van der Waals surface area contributed by atoms with E-state index in [1.807, 2.05) is 6.92 Å². The van der Waals surface area contributed by atoms with E-state index < -0.39 is 32.2 Å². The van der Waals surface area contributed by atoms with Crippen LogP contribution < -0.4 is 0 Å². The average Bonchev–Trinajstić information content (AvgIpc) is 2.31. The molecule has 0 amide bonds. The van der Waals surface area contributed by atoms with Crippen LogP contribution in [0.25, 0.3) is 0 Å². The molecule has 106 valence electrons. The van der Waals surface area contributed by atoms with E-state index in [9.17, 15) is 17.6 Å². The predicted octanol–water partition coefficient (Wildman–Crippen LogP) is 3.00. The number of aromatic carboxylic acids is 1. The van der Waals surface area contributed by atoms with E-state index in [0.29, 0.717) is 6.42 Å². The molecule has 1 N–H and O–H groups in total. The lowest BCUT2D eigenvalue weighted by molar-refractivity contribution is 0.0696. The summed E-state index contributed by atoms with van der Waals surface area (Å²) in [6, 6.07) is 1.65. The maximum Gasteiger partial charge on any atom is 0.337 e. The minimum atomic E-state index is -3.73. The van der Waals surface area contributed by atoms with Gasteiger partial charge in [-0.25, -0.2) is 17.6 Å². The van der Waals surface area contributed by atoms with E-state index in [-0.39, 0.29) is 16.6 Å². The van der Waals surface area contributed by atoms with Crippen molar-refractivity contribution in [3.05, 3.63) is 28.5 Å². The van der Waals surface area contributed by atoms with Gasteiger partial charge in [0.15, 0.2) is 9.84 Å². The van der Waals surface area contributed by atoms with Crippen LogP contribution in [0.3, 0.4) is 0 Å². The van der Waals surface area contributed by atoms with Crippen LogP contribution in [0.15, 0.2) is 17.0 Å². The van der Waals surface area contributed by atoms with Crippen molar-refractivity contribution in [2.45, 2.75) is 25.2 Å². The lowest BCUT2D eigenvalue weighted by Crippen LogP contribution is -2.15. The van der Waals surface area contributed by atoms with Gasteiger partial charge in [-0.1, -0.05) is 31.9 Å². The number of rotatable bonds is 5. The first kappa shape index (κ1) is 15.9. The molecular weight excluding hydrogens is 295 g/mol. The van der Waals surface area contributed by atoms with Gasteiger partial charge in [-0.15, -0.1) is 0 Å². The molecule has 0 aliphatic carbocycles. The number of halogens is 2. The molecule has 0 spiro atoms. The Morgan fingerprint density at radius 1 is 1.47 bits per heavy atom. The molecule has 0 bridgehead atoms. The standard InChI is InChI=1S/C12H14ClFO4S/c1-3-7(2)6-19(17,18)8-4-9(12(15)16)11(13)10(14)5-8/h4-5,7H,3,6H2,1-2H3,(H,15,16). The molecule has 0 heterocycles. The number of carboxylic acid groups (broad SMARTS) is 1. The van der Waals surface area contributed by atoms with Crippen molar-refractivity contribution in [2.24, 2.45) is 5.92 Å². The van der Waals surface area contributed by atoms with Gasteiger partial charge in [-0.3, -0.25) is 0 Å². The van der Waals surface area contributed by atoms with Gasteiger partial charge in [0.2, 0.25) is 0 Å². The summed E-state index contributed by atoms with van der Waals surface area (Å²) in [5, 5.41) is 8.27. The molecule has 1 unspecified atom stereocenters. The summed E-state index contributed by atoms with van der Waals surface area (Å²) < 4.78 is 37.6. The molecule has 0 aliphatic rings. The number of sulfone groups is 1. The van der Waals surface area contributed by atoms with E-state index in [1.165, 1.54) is 0 Å². The monoisotopic (exact) mass is 308 g/mol. The molecule has 0 saturated heterocycles. The minimum absolute atomic E-state index is 0.1000. The first-order valence-corrected chi connectivity index (χ1v) is 7.67. The summed E-state index contributed by atoms with van der Waals surface area (Å²) in [6.45, 7) is 3.59. The fraction of sp³-hybridized carbons (Fsp3) is 0.417. The van der Waals surface area contributed by atoms with Crippen LogP contribution >= 0.6 is 11.6 Å². The normalized spacial score (nSPS) is 13.3. The summed E-state index contributed by atoms with van der Waals surface area (Å²) in [4.78, 5) is 10.5. The van der Waals surface area contributed by atoms with Gasteiger partial charge >= 0.3 is 5.97 Å². The molecule has 0 aliphatic heterocycles. The smallest absolute Gasteiger partial charge is 0.337 e. The van der Waals surface area contributed by atoms with Gasteiger partial charge in [-0.05, 0) is 18.1 Å². The third-order valence-corrected chi connectivity index (χ3v) is 5.14. The molecule has 19 heavy (non-hydrogen) atoms. The van der Waals surface area contributed by atoms with Crippen LogP contribution in [-0.4, -0.2) is 25.2 Å². The van der Waals surface area contributed by atoms with Gasteiger partial charge in [0.25, 0.3) is 0 Å². The van der Waals surface area contributed by atoms with Crippen molar-refractivity contribution >= 4 is 27.4 Å². The molecule has 0 saturated carbocycles. The lowest BCUT2D eigenvalue weighted by atomic mass is 10.2. The maximum atomic E-state index is 13.5. The third kappa shape index (κ3) is 3.67. The van der Waals surface area contributed by atoms with Crippen LogP contribution in [0.1, 0.15) is 30.6 Å². The summed E-state index contributed by atoms with van der Waals surface area (Å²) >= 11 is 5.49. The minimum Gasteiger partial charge on any atom is -0.478 e. The van der Waals surface area contributed by atoms with E-state index in [4.69, 9.17) is 16.7 Å². The number of hydrogen-bond donors (Lipinski definition) is 1. The van der Waals surface area contributed by atoms with Crippen LogP contribution in [0.4, 0.5) is 4.39 Å². The Bertz CT molecular complexity index is 598. The molecule has 0 aromatic heterocycles. The molecule has 1 aromatic rings. The summed E-state index contributed by atoms with van der Waals surface area (Å²) in [7, 11) is -3.73. The van der Waals surface area contributed by atoms with E-state index in [0.717, 1.165) is 12.1 Å². The highest BCUT2D eigenvalue weighted by atomic mass is 35.5. The lowest BCUT2D eigenvalue weighted by Gasteiger charge is -2.11. The number of benzene rings is 1. The first-order chi connectivity index (χ1) is 8.69. The summed E-state index contributed by atoms with van der Waals surface area (Å²) in [5.41, 5.74) is -0.551. The van der Waals surface area contributed by atoms with E-state index in [2.05, 4.69) is 0 Å². The number of carbonyl (C=O) groups is 1. The average molecular weight is 309 g/mol. The molecule has 4 nitrogen and oxygen atoms in total. The largest absolute Gasteiger partial charge is 0.478 e. The van der Waals surface area contributed by atoms with Crippen molar-refractivity contribution in [1.29, 1.82) is 0 Å². The van der Waals surface area contributed by atoms with Gasteiger partial charge in [0.1, 0.15) is 5.82 Å². The zero-order valence-corrected chi connectivity index (χ0v) is 12.1. The van der Waals surface area contributed by atoms with Gasteiger partial charge in [-0.2, -0.15) is 0 Å². The second-order valence-electron chi connectivity index (χ2n) is 4.37. The topological polar surface area (TPSA) is 71.4 Å². The summed E-state index contributed by atoms with van der Waals surface area (Å²) in [6.07, 6.45) is 0.654. The third-order valence-electron chi connectivity index (χ3n) is 2.79. The second kappa shape index (κ2) is 5.88. The molecule has 0 radical (unpaired) electrons. The highest BCUT2D eigenvalue weighted by Gasteiger charge is 2.23. The van der Waals surface area contributed by atoms with Gasteiger partial charge in [0.05, 0.1) is 21.2 Å². The highest BCUT2D eigenvalue weighted by molar-refractivity contribution is 7.91. The molecule has 7 heteroatoms. The Labute approximate surface area is 116 Å². The molecule has 1 aromatic carbocycles. The molecule has 1 atom stereocenters. The van der Waals surface area contributed by atoms with Crippen molar-refractivity contribution in [3.63, 3.8) is 0 Å². The number of carboxylic acids is 1. The van der Waals surface area contributed by atoms with Gasteiger partial charge < -0.3 is 5.11 Å². The van der Waals surface area contributed by atoms with Crippen LogP contribution in [0.5, 0.6) is 0 Å². The van der Waals surface area contributed by atoms with Crippen molar-refractivity contribution < 1.29 is 22.7 Å². The van der Waals surface area contributed by atoms with Crippen LogP contribution in [0.2, 0.25) is 5.02 Å². The predicted molar refractivity (Wildman–Crippen MR) is 69.9 cm³/mol. The van der Waals surface area contributed by atoms with Gasteiger partial charge in [0, 0.05) is 0 Å². The highest BCUT2D eigenvalue weighted by Crippen LogP contribution is 2.26. The zero-order valence-electron chi connectivity index (χ0n) is 10.5. The van der Waals surface area contributed by atoms with E-state index >= 15 is 0 Å². The van der Waals surface area contributed by atoms with Crippen molar-refractivity contribution in [3.8, 4) is 0 Å². The van der Waals surface area contributed by atoms with Crippen molar-refractivity contribution in [1.82, 2.24) is 0 Å². The van der Waals surface area contributed by atoms with E-state index in [1.54, 1.807) is 6.92 Å². The SMILES string of the molecule is CCC(C)CS(=O)(=O)c1cc(F)c(Cl)c(C(=O)O)c1.